The molecule has 0 unspecified atom stereocenters. The van der Waals surface area contributed by atoms with Crippen molar-refractivity contribution >= 4 is 51.5 Å². The molecule has 0 saturated carbocycles. The maximum absolute atomic E-state index is 5.56. The van der Waals surface area contributed by atoms with E-state index in [-0.39, 0.29) is 24.0 Å². The van der Waals surface area contributed by atoms with Crippen molar-refractivity contribution in [1.82, 2.24) is 20.0 Å². The van der Waals surface area contributed by atoms with E-state index in [0.717, 1.165) is 40.5 Å². The van der Waals surface area contributed by atoms with Crippen LogP contribution in [0.3, 0.4) is 0 Å². The summed E-state index contributed by atoms with van der Waals surface area (Å²) in [6.07, 6.45) is 6.52. The van der Waals surface area contributed by atoms with Crippen LogP contribution < -0.4 is 10.6 Å². The predicted molar refractivity (Wildman–Crippen MR) is 119 cm³/mol. The summed E-state index contributed by atoms with van der Waals surface area (Å²) in [6.45, 7) is 2.54. The van der Waals surface area contributed by atoms with E-state index in [1.54, 1.807) is 13.3 Å². The van der Waals surface area contributed by atoms with Crippen molar-refractivity contribution in [2.45, 2.75) is 19.6 Å². The molecule has 0 aromatic carbocycles. The average molecular weight is 548 g/mol. The van der Waals surface area contributed by atoms with Gasteiger partial charge in [0.25, 0.3) is 0 Å². The second kappa shape index (κ2) is 11.3. The fourth-order valence-electron chi connectivity index (χ4n) is 2.45. The van der Waals surface area contributed by atoms with Crippen molar-refractivity contribution in [2.24, 2.45) is 4.99 Å². The lowest BCUT2D eigenvalue weighted by Crippen LogP contribution is -2.37. The van der Waals surface area contributed by atoms with Crippen LogP contribution in [0.4, 0.5) is 0 Å². The smallest absolute Gasteiger partial charge is 0.191 e. The van der Waals surface area contributed by atoms with Gasteiger partial charge in [-0.15, -0.1) is 24.0 Å². The quantitative estimate of drug-likeness (QED) is 0.195. The van der Waals surface area contributed by atoms with Crippen LogP contribution in [-0.4, -0.2) is 35.5 Å². The summed E-state index contributed by atoms with van der Waals surface area (Å²) in [7, 11) is 1.75. The van der Waals surface area contributed by atoms with Crippen molar-refractivity contribution in [3.05, 3.63) is 58.8 Å². The lowest BCUT2D eigenvalue weighted by Gasteiger charge is -2.10. The largest absolute Gasteiger partial charge is 0.467 e. The molecular formula is C18H23BrIN5O2. The monoisotopic (exact) mass is 547 g/mol. The number of pyridine rings is 1. The van der Waals surface area contributed by atoms with Crippen molar-refractivity contribution in [1.29, 1.82) is 0 Å². The van der Waals surface area contributed by atoms with Gasteiger partial charge in [0.05, 0.1) is 18.5 Å². The van der Waals surface area contributed by atoms with Crippen molar-refractivity contribution in [3.63, 3.8) is 0 Å². The summed E-state index contributed by atoms with van der Waals surface area (Å²) in [5.74, 6) is 1.59. The van der Waals surface area contributed by atoms with Crippen LogP contribution in [0.5, 0.6) is 0 Å². The highest BCUT2D eigenvalue weighted by molar-refractivity contribution is 14.0. The molecule has 3 aromatic heterocycles. The molecule has 27 heavy (non-hydrogen) atoms. The van der Waals surface area contributed by atoms with Gasteiger partial charge >= 0.3 is 0 Å². The fourth-order valence-corrected chi connectivity index (χ4v) is 2.80. The third-order valence-corrected chi connectivity index (χ3v) is 4.18. The van der Waals surface area contributed by atoms with E-state index in [1.165, 1.54) is 0 Å². The first kappa shape index (κ1) is 21.7. The van der Waals surface area contributed by atoms with E-state index < -0.39 is 0 Å². The van der Waals surface area contributed by atoms with E-state index in [9.17, 15) is 0 Å². The molecule has 0 atom stereocenters. The van der Waals surface area contributed by atoms with Crippen LogP contribution in [0.2, 0.25) is 0 Å². The van der Waals surface area contributed by atoms with Crippen molar-refractivity contribution in [2.75, 3.05) is 20.2 Å². The first-order chi connectivity index (χ1) is 12.7. The lowest BCUT2D eigenvalue weighted by atomic mass is 10.4. The minimum Gasteiger partial charge on any atom is -0.467 e. The summed E-state index contributed by atoms with van der Waals surface area (Å²) in [5, 5.41) is 6.54. The molecule has 0 fully saturated rings. The number of hydrogen-bond donors (Lipinski definition) is 2. The van der Waals surface area contributed by atoms with Gasteiger partial charge in [0.2, 0.25) is 0 Å². The number of fused-ring (bicyclic) bond motifs is 1. The zero-order chi connectivity index (χ0) is 18.2. The molecule has 7 nitrogen and oxygen atoms in total. The van der Waals surface area contributed by atoms with Crippen LogP contribution in [-0.2, 0) is 17.9 Å². The minimum atomic E-state index is 0. The summed E-state index contributed by atoms with van der Waals surface area (Å²) < 4.78 is 13.8. The van der Waals surface area contributed by atoms with Gasteiger partial charge in [0.1, 0.15) is 18.0 Å². The Labute approximate surface area is 183 Å². The highest BCUT2D eigenvalue weighted by Gasteiger charge is 2.04. The van der Waals surface area contributed by atoms with Crippen LogP contribution in [0, 0.1) is 0 Å². The maximum Gasteiger partial charge on any atom is 0.191 e. The Morgan fingerprint density at radius 1 is 1.30 bits per heavy atom. The van der Waals surface area contributed by atoms with Gasteiger partial charge in [0.15, 0.2) is 5.96 Å². The summed E-state index contributed by atoms with van der Waals surface area (Å²) in [6, 6.07) is 7.72. The average Bonchev–Trinajstić information content (AvgIpc) is 3.29. The highest BCUT2D eigenvalue weighted by atomic mass is 127. The summed E-state index contributed by atoms with van der Waals surface area (Å²) in [4.78, 5) is 8.80. The number of aromatic nitrogens is 2. The molecule has 2 N–H and O–H groups in total. The molecule has 9 heteroatoms. The number of nitrogens with one attached hydrogen (secondary N) is 2. The van der Waals surface area contributed by atoms with E-state index in [1.807, 2.05) is 41.1 Å². The highest BCUT2D eigenvalue weighted by Crippen LogP contribution is 2.12. The molecule has 0 bridgehead atoms. The third kappa shape index (κ3) is 6.82. The molecule has 0 amide bonds. The van der Waals surface area contributed by atoms with E-state index in [2.05, 4.69) is 36.5 Å². The first-order valence-corrected chi connectivity index (χ1v) is 9.21. The number of halogens is 2. The Hall–Kier alpha value is -1.59. The maximum atomic E-state index is 5.56. The molecule has 0 spiro atoms. The number of aliphatic imine (C=N–C) groups is 1. The molecule has 3 rings (SSSR count). The number of ether oxygens (including phenoxy) is 1. The third-order valence-electron chi connectivity index (χ3n) is 3.71. The Balaban J connectivity index is 0.00000261. The van der Waals surface area contributed by atoms with Gasteiger partial charge in [-0.25, -0.2) is 4.98 Å². The zero-order valence-electron chi connectivity index (χ0n) is 15.0. The summed E-state index contributed by atoms with van der Waals surface area (Å²) >= 11 is 3.46. The van der Waals surface area contributed by atoms with Gasteiger partial charge in [-0.3, -0.25) is 4.99 Å². The fraction of sp³-hybridized carbons (Fsp3) is 0.333. The molecule has 146 valence electrons. The molecule has 0 saturated heterocycles. The predicted octanol–water partition coefficient (Wildman–Crippen LogP) is 3.58. The number of hydrogen-bond acceptors (Lipinski definition) is 4. The van der Waals surface area contributed by atoms with Gasteiger partial charge in [-0.2, -0.15) is 0 Å². The Bertz CT molecular complexity index is 851. The van der Waals surface area contributed by atoms with E-state index >= 15 is 0 Å². The second-order valence-corrected chi connectivity index (χ2v) is 6.60. The Kier molecular flexibility index (Phi) is 9.08. The SMILES string of the molecule is CN=C(NCCCOCc1ccco1)NCc1cn2cc(Br)ccc2n1.I. The minimum absolute atomic E-state index is 0. The zero-order valence-corrected chi connectivity index (χ0v) is 18.9. The van der Waals surface area contributed by atoms with Gasteiger partial charge in [-0.05, 0) is 46.6 Å². The Morgan fingerprint density at radius 3 is 2.96 bits per heavy atom. The number of furan rings is 1. The first-order valence-electron chi connectivity index (χ1n) is 8.42. The lowest BCUT2D eigenvalue weighted by molar-refractivity contribution is 0.105. The van der Waals surface area contributed by atoms with Gasteiger partial charge < -0.3 is 24.2 Å². The van der Waals surface area contributed by atoms with E-state index in [0.29, 0.717) is 19.8 Å². The summed E-state index contributed by atoms with van der Waals surface area (Å²) in [5.41, 5.74) is 1.87. The van der Waals surface area contributed by atoms with Crippen LogP contribution in [0.15, 0.2) is 56.8 Å². The standard InChI is InChI=1S/C18H22BrN5O2.HI/c1-20-18(21-7-3-8-25-13-16-4-2-9-26-16)22-10-15-12-24-11-14(19)5-6-17(24)23-15;/h2,4-6,9,11-12H,3,7-8,10,13H2,1H3,(H2,20,21,22);1H. The molecule has 0 aliphatic carbocycles. The van der Waals surface area contributed by atoms with Gasteiger partial charge in [0, 0.05) is 37.1 Å². The second-order valence-electron chi connectivity index (χ2n) is 5.68. The van der Waals surface area contributed by atoms with E-state index in [4.69, 9.17) is 9.15 Å². The number of nitrogens with zero attached hydrogens (tertiary/aromatic N) is 3. The Morgan fingerprint density at radius 2 is 2.19 bits per heavy atom. The molecule has 3 aromatic rings. The molecule has 3 heterocycles. The normalized spacial score (nSPS) is 11.4. The van der Waals surface area contributed by atoms with Crippen LogP contribution in [0.25, 0.3) is 5.65 Å². The van der Waals surface area contributed by atoms with Crippen LogP contribution >= 0.6 is 39.9 Å². The number of guanidine groups is 1. The molecular weight excluding hydrogens is 525 g/mol. The van der Waals surface area contributed by atoms with Crippen molar-refractivity contribution < 1.29 is 9.15 Å². The van der Waals surface area contributed by atoms with Crippen LogP contribution in [0.1, 0.15) is 17.9 Å². The van der Waals surface area contributed by atoms with Gasteiger partial charge in [-0.1, -0.05) is 0 Å². The van der Waals surface area contributed by atoms with Crippen molar-refractivity contribution in [3.8, 4) is 0 Å². The number of imidazole rings is 1. The number of rotatable bonds is 8. The molecule has 0 aliphatic heterocycles. The topological polar surface area (TPSA) is 76.1 Å². The molecule has 0 aliphatic rings. The molecule has 0 radical (unpaired) electrons.